The van der Waals surface area contributed by atoms with Crippen LogP contribution in [-0.2, 0) is 4.79 Å². The van der Waals surface area contributed by atoms with E-state index in [1.807, 2.05) is 16.0 Å². The Morgan fingerprint density at radius 3 is 3.10 bits per heavy atom. The lowest BCUT2D eigenvalue weighted by Crippen LogP contribution is -2.55. The third kappa shape index (κ3) is 2.34. The van der Waals surface area contributed by atoms with E-state index >= 15 is 0 Å². The van der Waals surface area contributed by atoms with Gasteiger partial charge in [-0.1, -0.05) is 11.6 Å². The van der Waals surface area contributed by atoms with Gasteiger partial charge in [0.2, 0.25) is 5.91 Å². The highest BCUT2D eigenvalue weighted by Gasteiger charge is 2.37. The molecule has 1 aliphatic carbocycles. The number of hydrogen-bond donors (Lipinski definition) is 2. The largest absolute Gasteiger partial charge is 0.394 e. The molecule has 0 atom stereocenters. The molecule has 0 aliphatic heterocycles. The number of nitrogens with one attached hydrogen (secondary N) is 1. The minimum Gasteiger partial charge on any atom is -0.394 e. The van der Waals surface area contributed by atoms with Crippen LogP contribution < -0.4 is 5.32 Å². The summed E-state index contributed by atoms with van der Waals surface area (Å²) in [6.45, 7) is -0.0191. The number of carbonyl (C=O) groups is 1. The second kappa shape index (κ2) is 5.20. The Morgan fingerprint density at radius 2 is 2.45 bits per heavy atom. The van der Waals surface area contributed by atoms with E-state index in [-0.39, 0.29) is 12.5 Å². The minimum atomic E-state index is -0.430. The van der Waals surface area contributed by atoms with Crippen molar-refractivity contribution in [2.24, 2.45) is 0 Å². The maximum Gasteiger partial charge on any atom is 0.244 e. The molecule has 1 amide bonds. The average molecular weight is 312 g/mol. The monoisotopic (exact) mass is 311 g/mol. The molecule has 106 valence electrons. The number of nitrogens with zero attached hydrogens (tertiary/aromatic N) is 2. The van der Waals surface area contributed by atoms with Gasteiger partial charge in [-0.2, -0.15) is 0 Å². The third-order valence-electron chi connectivity index (χ3n) is 3.65. The van der Waals surface area contributed by atoms with Crippen LogP contribution >= 0.6 is 22.9 Å². The average Bonchev–Trinajstić information content (AvgIpc) is 2.92. The summed E-state index contributed by atoms with van der Waals surface area (Å²) >= 11 is 7.53. The van der Waals surface area contributed by atoms with Crippen molar-refractivity contribution >= 4 is 39.9 Å². The zero-order valence-electron chi connectivity index (χ0n) is 10.7. The summed E-state index contributed by atoms with van der Waals surface area (Å²) in [6, 6.07) is 0. The Bertz CT molecular complexity index is 667. The van der Waals surface area contributed by atoms with E-state index in [0.717, 1.165) is 24.2 Å². The molecule has 1 fully saturated rings. The van der Waals surface area contributed by atoms with Gasteiger partial charge >= 0.3 is 0 Å². The second-order valence-electron chi connectivity index (χ2n) is 4.96. The predicted molar refractivity (Wildman–Crippen MR) is 78.9 cm³/mol. The number of aromatic nitrogens is 2. The summed E-state index contributed by atoms with van der Waals surface area (Å²) in [5.74, 6) is -0.222. The summed E-state index contributed by atoms with van der Waals surface area (Å²) in [7, 11) is 0. The van der Waals surface area contributed by atoms with Gasteiger partial charge in [-0.05, 0) is 25.3 Å². The summed E-state index contributed by atoms with van der Waals surface area (Å²) in [5, 5.41) is 14.5. The van der Waals surface area contributed by atoms with Crippen LogP contribution in [0.3, 0.4) is 0 Å². The maximum atomic E-state index is 11.9. The lowest BCUT2D eigenvalue weighted by molar-refractivity contribution is -0.120. The van der Waals surface area contributed by atoms with Gasteiger partial charge in [0, 0.05) is 17.7 Å². The van der Waals surface area contributed by atoms with Gasteiger partial charge in [-0.25, -0.2) is 4.98 Å². The first kappa shape index (κ1) is 13.6. The number of imidazole rings is 1. The number of amides is 1. The molecule has 0 radical (unpaired) electrons. The molecule has 3 rings (SSSR count). The number of halogens is 1. The van der Waals surface area contributed by atoms with Crippen molar-refractivity contribution in [1.82, 2.24) is 14.7 Å². The molecule has 0 spiro atoms. The summed E-state index contributed by atoms with van der Waals surface area (Å²) in [4.78, 5) is 16.9. The molecule has 0 bridgehead atoms. The molecule has 0 aromatic carbocycles. The van der Waals surface area contributed by atoms with Gasteiger partial charge in [-0.15, -0.1) is 11.3 Å². The Labute approximate surface area is 124 Å². The summed E-state index contributed by atoms with van der Waals surface area (Å²) < 4.78 is 1.84. The zero-order valence-corrected chi connectivity index (χ0v) is 12.2. The van der Waals surface area contributed by atoms with Crippen molar-refractivity contribution in [3.63, 3.8) is 0 Å². The SMILES string of the molecule is O=C(/C=C/c1c(Cl)nc2sccn12)NC1(CO)CCC1. The van der Waals surface area contributed by atoms with Crippen LogP contribution in [0.5, 0.6) is 0 Å². The molecular formula is C13H14ClN3O2S. The number of hydrogen-bond acceptors (Lipinski definition) is 4. The first-order chi connectivity index (χ1) is 9.63. The maximum absolute atomic E-state index is 11.9. The Kier molecular flexibility index (Phi) is 3.54. The van der Waals surface area contributed by atoms with Crippen LogP contribution in [0.4, 0.5) is 0 Å². The lowest BCUT2D eigenvalue weighted by atomic mass is 9.77. The van der Waals surface area contributed by atoms with E-state index in [9.17, 15) is 9.90 Å². The molecule has 0 unspecified atom stereocenters. The molecule has 2 N–H and O–H groups in total. The van der Waals surface area contributed by atoms with Gasteiger partial charge in [0.25, 0.3) is 0 Å². The quantitative estimate of drug-likeness (QED) is 0.850. The molecule has 20 heavy (non-hydrogen) atoms. The fourth-order valence-electron chi connectivity index (χ4n) is 2.31. The smallest absolute Gasteiger partial charge is 0.244 e. The summed E-state index contributed by atoms with van der Waals surface area (Å²) in [6.07, 6.45) is 7.62. The van der Waals surface area contributed by atoms with Crippen LogP contribution in [0.2, 0.25) is 5.15 Å². The summed E-state index contributed by atoms with van der Waals surface area (Å²) in [5.41, 5.74) is 0.255. The van der Waals surface area contributed by atoms with Crippen molar-refractivity contribution in [2.45, 2.75) is 24.8 Å². The minimum absolute atomic E-state index is 0.0191. The standard InChI is InChI=1S/C13H14ClN3O2S/c14-11-9(17-6-7-20-12(17)15-11)2-3-10(19)16-13(8-18)4-1-5-13/h2-3,6-7,18H,1,4-5,8H2,(H,16,19)/b3-2+. The van der Waals surface area contributed by atoms with E-state index in [1.165, 1.54) is 17.4 Å². The van der Waals surface area contributed by atoms with E-state index in [1.54, 1.807) is 6.08 Å². The molecule has 2 aromatic rings. The number of aliphatic hydroxyl groups excluding tert-OH is 1. The topological polar surface area (TPSA) is 66.6 Å². The number of carbonyl (C=O) groups excluding carboxylic acids is 1. The van der Waals surface area contributed by atoms with E-state index in [2.05, 4.69) is 10.3 Å². The Balaban J connectivity index is 1.75. The molecule has 0 saturated heterocycles. The second-order valence-corrected chi connectivity index (χ2v) is 6.19. The molecule has 7 heteroatoms. The highest BCUT2D eigenvalue weighted by molar-refractivity contribution is 7.15. The van der Waals surface area contributed by atoms with Gasteiger partial charge < -0.3 is 10.4 Å². The number of fused-ring (bicyclic) bond motifs is 1. The fraction of sp³-hybridized carbons (Fsp3) is 0.385. The first-order valence-electron chi connectivity index (χ1n) is 6.36. The Morgan fingerprint density at radius 1 is 1.65 bits per heavy atom. The predicted octanol–water partition coefficient (Wildman–Crippen LogP) is 2.09. The lowest BCUT2D eigenvalue weighted by Gasteiger charge is -2.40. The van der Waals surface area contributed by atoms with Crippen LogP contribution in [0.15, 0.2) is 17.7 Å². The number of thiazole rings is 1. The molecule has 2 aromatic heterocycles. The number of rotatable bonds is 4. The van der Waals surface area contributed by atoms with Gasteiger partial charge in [-0.3, -0.25) is 9.20 Å². The molecule has 1 aliphatic rings. The van der Waals surface area contributed by atoms with Crippen molar-refractivity contribution in [1.29, 1.82) is 0 Å². The first-order valence-corrected chi connectivity index (χ1v) is 7.61. The van der Waals surface area contributed by atoms with Crippen LogP contribution in [-0.4, -0.2) is 32.5 Å². The van der Waals surface area contributed by atoms with Gasteiger partial charge in [0.1, 0.15) is 0 Å². The third-order valence-corrected chi connectivity index (χ3v) is 4.68. The van der Waals surface area contributed by atoms with Crippen molar-refractivity contribution in [2.75, 3.05) is 6.61 Å². The van der Waals surface area contributed by atoms with Crippen LogP contribution in [0.1, 0.15) is 25.0 Å². The molecular weight excluding hydrogens is 298 g/mol. The number of aliphatic hydroxyl groups is 1. The van der Waals surface area contributed by atoms with Gasteiger partial charge in [0.15, 0.2) is 10.1 Å². The molecule has 2 heterocycles. The van der Waals surface area contributed by atoms with Crippen molar-refractivity contribution in [3.8, 4) is 0 Å². The molecule has 1 saturated carbocycles. The van der Waals surface area contributed by atoms with E-state index in [4.69, 9.17) is 11.6 Å². The Hall–Kier alpha value is -1.37. The highest BCUT2D eigenvalue weighted by Crippen LogP contribution is 2.31. The molecule has 5 nitrogen and oxygen atoms in total. The van der Waals surface area contributed by atoms with Gasteiger partial charge in [0.05, 0.1) is 17.8 Å². The zero-order chi connectivity index (χ0) is 14.2. The van der Waals surface area contributed by atoms with Crippen LogP contribution in [0, 0.1) is 0 Å². The van der Waals surface area contributed by atoms with Crippen molar-refractivity contribution < 1.29 is 9.90 Å². The highest BCUT2D eigenvalue weighted by atomic mass is 35.5. The normalized spacial score (nSPS) is 17.5. The van der Waals surface area contributed by atoms with Crippen LogP contribution in [0.25, 0.3) is 11.0 Å². The fourth-order valence-corrected chi connectivity index (χ4v) is 3.32. The van der Waals surface area contributed by atoms with E-state index in [0.29, 0.717) is 10.8 Å². The van der Waals surface area contributed by atoms with E-state index < -0.39 is 5.54 Å². The van der Waals surface area contributed by atoms with Crippen molar-refractivity contribution in [3.05, 3.63) is 28.5 Å².